The van der Waals surface area contributed by atoms with E-state index in [-0.39, 0.29) is 28.9 Å². The molecule has 0 radical (unpaired) electrons. The summed E-state index contributed by atoms with van der Waals surface area (Å²) in [6, 6.07) is 0. The van der Waals surface area contributed by atoms with Crippen LogP contribution in [0.4, 0.5) is 4.48 Å². The van der Waals surface area contributed by atoms with Crippen LogP contribution in [0, 0.1) is 10.8 Å². The summed E-state index contributed by atoms with van der Waals surface area (Å²) in [5.74, 6) is 0. The maximum absolute atomic E-state index is 13.0. The van der Waals surface area contributed by atoms with Gasteiger partial charge in [0.15, 0.2) is 0 Å². The van der Waals surface area contributed by atoms with Crippen LogP contribution < -0.4 is 5.48 Å². The van der Waals surface area contributed by atoms with Gasteiger partial charge in [-0.2, -0.15) is 5.12 Å². The van der Waals surface area contributed by atoms with Crippen LogP contribution in [-0.2, 0) is 4.79 Å². The molecule has 0 atom stereocenters. The van der Waals surface area contributed by atoms with Gasteiger partial charge in [0.2, 0.25) is 6.41 Å². The number of hydrogen-bond acceptors (Lipinski definition) is 3. The van der Waals surface area contributed by atoms with E-state index in [4.69, 9.17) is 5.21 Å². The van der Waals surface area contributed by atoms with E-state index >= 15 is 0 Å². The maximum Gasteiger partial charge on any atom is 0.237 e. The Balaban J connectivity index is 4.36. The van der Waals surface area contributed by atoms with Crippen LogP contribution in [-0.4, -0.2) is 23.3 Å². The molecule has 1 amide bonds. The molecule has 2 N–H and O–H groups in total. The normalized spacial score (nSPS) is 12.1. The lowest BCUT2D eigenvalue weighted by molar-refractivity contribution is -0.135. The third-order valence-electron chi connectivity index (χ3n) is 2.91. The van der Waals surface area contributed by atoms with E-state index in [0.29, 0.717) is 12.1 Å². The molecule has 0 aliphatic rings. The molecule has 0 unspecified atom stereocenters. The van der Waals surface area contributed by atoms with E-state index in [0.717, 1.165) is 12.8 Å². The van der Waals surface area contributed by atoms with E-state index in [1.54, 1.807) is 0 Å². The number of hydrogen-bond donors (Lipinski definition) is 2. The Bertz CT molecular complexity index is 291. The van der Waals surface area contributed by atoms with Crippen LogP contribution >= 0.6 is 0 Å². The van der Waals surface area contributed by atoms with Gasteiger partial charge in [0, 0.05) is 5.70 Å². The topological polar surface area (TPSA) is 52.6 Å². The molecule has 0 rings (SSSR count). The summed E-state index contributed by atoms with van der Waals surface area (Å²) in [7, 11) is 0. The van der Waals surface area contributed by atoms with Crippen molar-refractivity contribution in [1.29, 1.82) is 0 Å². The highest BCUT2D eigenvalue weighted by atomic mass is 19.2. The van der Waals surface area contributed by atoms with Gasteiger partial charge in [-0.3, -0.25) is 15.5 Å². The zero-order valence-electron chi connectivity index (χ0n) is 11.8. The predicted molar refractivity (Wildman–Crippen MR) is 69.4 cm³/mol. The molecule has 0 heterocycles. The summed E-state index contributed by atoms with van der Waals surface area (Å²) in [6.45, 7) is 11.8. The molecule has 0 fully saturated rings. The van der Waals surface area contributed by atoms with Gasteiger partial charge in [0.25, 0.3) is 0 Å². The van der Waals surface area contributed by atoms with Crippen LogP contribution in [0.25, 0.3) is 0 Å². The Labute approximate surface area is 109 Å². The highest BCUT2D eigenvalue weighted by Gasteiger charge is 2.30. The summed E-state index contributed by atoms with van der Waals surface area (Å²) in [5, 5.41) is 8.86. The smallest absolute Gasteiger partial charge is 0.237 e. The lowest BCUT2D eigenvalue weighted by atomic mass is 9.72. The molecular weight excluding hydrogens is 235 g/mol. The monoisotopic (exact) mass is 260 g/mol. The number of allylic oxidation sites excluding steroid dienone is 1. The van der Waals surface area contributed by atoms with Crippen molar-refractivity contribution in [2.45, 2.75) is 47.0 Å². The van der Waals surface area contributed by atoms with Crippen molar-refractivity contribution in [2.24, 2.45) is 10.8 Å². The van der Waals surface area contributed by atoms with E-state index < -0.39 is 0 Å². The van der Waals surface area contributed by atoms with Crippen molar-refractivity contribution in [3.05, 3.63) is 12.3 Å². The average molecular weight is 260 g/mol. The number of amides is 1. The first-order chi connectivity index (χ1) is 8.12. The Morgan fingerprint density at radius 2 is 1.94 bits per heavy atom. The van der Waals surface area contributed by atoms with Gasteiger partial charge in [0.05, 0.1) is 6.54 Å². The van der Waals surface area contributed by atoms with Gasteiger partial charge < -0.3 is 0 Å². The van der Waals surface area contributed by atoms with Crippen molar-refractivity contribution in [3.8, 4) is 0 Å². The molecule has 0 saturated carbocycles. The molecule has 5 heteroatoms. The first-order valence-corrected chi connectivity index (χ1v) is 6.07. The summed E-state index contributed by atoms with van der Waals surface area (Å²) < 4.78 is 13.0. The van der Waals surface area contributed by atoms with E-state index in [2.05, 4.69) is 20.4 Å². The van der Waals surface area contributed by atoms with Gasteiger partial charge in [-0.25, -0.2) is 0 Å². The molecule has 0 aliphatic heterocycles. The third-order valence-corrected chi connectivity index (χ3v) is 2.91. The molecule has 0 saturated heterocycles. The predicted octanol–water partition coefficient (Wildman–Crippen LogP) is 3.04. The Kier molecular flexibility index (Phi) is 6.32. The fourth-order valence-corrected chi connectivity index (χ4v) is 2.43. The van der Waals surface area contributed by atoms with Gasteiger partial charge in [-0.15, -0.1) is 0 Å². The summed E-state index contributed by atoms with van der Waals surface area (Å²) in [5.41, 5.74) is 2.28. The summed E-state index contributed by atoms with van der Waals surface area (Å²) >= 11 is 0. The zero-order valence-corrected chi connectivity index (χ0v) is 11.8. The molecule has 0 bridgehead atoms. The molecule has 0 aliphatic carbocycles. The van der Waals surface area contributed by atoms with E-state index in [1.807, 2.05) is 19.3 Å². The SMILES string of the molecule is C=C(CCC(C)(C)CC(C)(C)CN(F)C=O)NO. The van der Waals surface area contributed by atoms with E-state index in [1.165, 1.54) is 0 Å². The Hall–Kier alpha value is -1.10. The number of halogens is 1. The zero-order chi connectivity index (χ0) is 14.4. The lowest BCUT2D eigenvalue weighted by Crippen LogP contribution is -2.32. The number of rotatable bonds is 9. The second-order valence-corrected chi connectivity index (χ2v) is 6.38. The molecule has 0 spiro atoms. The van der Waals surface area contributed by atoms with E-state index in [9.17, 15) is 9.28 Å². The minimum absolute atomic E-state index is 0.0208. The molecule has 0 aromatic heterocycles. The van der Waals surface area contributed by atoms with Crippen LogP contribution in [0.2, 0.25) is 0 Å². The van der Waals surface area contributed by atoms with Crippen LogP contribution in [0.5, 0.6) is 0 Å². The van der Waals surface area contributed by atoms with Crippen LogP contribution in [0.3, 0.4) is 0 Å². The van der Waals surface area contributed by atoms with Crippen molar-refractivity contribution in [2.75, 3.05) is 6.54 Å². The van der Waals surface area contributed by atoms with Crippen LogP contribution in [0.1, 0.15) is 47.0 Å². The highest BCUT2D eigenvalue weighted by Crippen LogP contribution is 2.37. The molecule has 18 heavy (non-hydrogen) atoms. The van der Waals surface area contributed by atoms with Crippen molar-refractivity contribution >= 4 is 6.41 Å². The maximum atomic E-state index is 13.0. The second-order valence-electron chi connectivity index (χ2n) is 6.38. The summed E-state index contributed by atoms with van der Waals surface area (Å²) in [4.78, 5) is 10.3. The lowest BCUT2D eigenvalue weighted by Gasteiger charge is -2.35. The molecule has 4 nitrogen and oxygen atoms in total. The number of nitrogens with one attached hydrogen (secondary N) is 1. The highest BCUT2D eigenvalue weighted by molar-refractivity contribution is 5.44. The number of carbonyl (C=O) groups is 1. The van der Waals surface area contributed by atoms with Crippen LogP contribution in [0.15, 0.2) is 12.3 Å². The quantitative estimate of drug-likeness (QED) is 0.380. The average Bonchev–Trinajstić information content (AvgIpc) is 2.23. The van der Waals surface area contributed by atoms with Gasteiger partial charge in [0.1, 0.15) is 0 Å². The standard InChI is InChI=1S/C13H25FN2O2/c1-11(15-18)6-7-12(2,3)8-13(4,5)9-16(14)10-17/h10,15,18H,1,6-9H2,2-5H3. The molecule has 0 aromatic rings. The fourth-order valence-electron chi connectivity index (χ4n) is 2.43. The van der Waals surface area contributed by atoms with Gasteiger partial charge in [-0.1, -0.05) is 38.8 Å². The number of carbonyl (C=O) groups excluding carboxylic acids is 1. The Morgan fingerprint density at radius 3 is 2.39 bits per heavy atom. The minimum Gasteiger partial charge on any atom is -0.291 e. The first kappa shape index (κ1) is 16.9. The van der Waals surface area contributed by atoms with Gasteiger partial charge in [-0.05, 0) is 30.1 Å². The molecule has 0 aromatic carbocycles. The number of hydroxylamine groups is 1. The van der Waals surface area contributed by atoms with Crippen molar-refractivity contribution in [1.82, 2.24) is 10.6 Å². The Morgan fingerprint density at radius 1 is 1.39 bits per heavy atom. The van der Waals surface area contributed by atoms with Crippen molar-refractivity contribution < 1.29 is 14.5 Å². The third kappa shape index (κ3) is 7.27. The first-order valence-electron chi connectivity index (χ1n) is 6.07. The number of nitrogens with zero attached hydrogens (tertiary/aromatic N) is 1. The largest absolute Gasteiger partial charge is 0.291 e. The fraction of sp³-hybridized carbons (Fsp3) is 0.769. The summed E-state index contributed by atoms with van der Waals surface area (Å²) in [6.07, 6.45) is 2.46. The molecule has 106 valence electrons. The van der Waals surface area contributed by atoms with Crippen molar-refractivity contribution in [3.63, 3.8) is 0 Å². The minimum atomic E-state index is -0.298. The molecular formula is C13H25FN2O2. The van der Waals surface area contributed by atoms with Gasteiger partial charge >= 0.3 is 0 Å². The second kappa shape index (κ2) is 6.73.